The molecule has 5 rings (SSSR count). The largest absolute Gasteiger partial charge is 0.497 e. The quantitative estimate of drug-likeness (QED) is 0.104. The topological polar surface area (TPSA) is 128 Å². The maximum atomic E-state index is 14.3. The third-order valence-corrected chi connectivity index (χ3v) is 8.39. The van der Waals surface area contributed by atoms with Crippen LogP contribution in [0, 0.1) is 0 Å². The van der Waals surface area contributed by atoms with E-state index in [0.29, 0.717) is 23.5 Å². The molecule has 11 nitrogen and oxygen atoms in total. The fourth-order valence-corrected chi connectivity index (χ4v) is 5.92. The first-order chi connectivity index (χ1) is 23.2. The summed E-state index contributed by atoms with van der Waals surface area (Å²) in [4.78, 5) is 36.9. The number of aryl methyl sites for hydroxylation is 2. The highest BCUT2D eigenvalue weighted by atomic mass is 16.5. The van der Waals surface area contributed by atoms with Crippen molar-refractivity contribution in [2.45, 2.75) is 78.8 Å². The Hall–Kier alpha value is -5.19. The molecule has 48 heavy (non-hydrogen) atoms. The number of urea groups is 1. The third-order valence-electron chi connectivity index (χ3n) is 8.39. The van der Waals surface area contributed by atoms with Crippen molar-refractivity contribution in [2.75, 3.05) is 29.6 Å². The van der Waals surface area contributed by atoms with E-state index in [4.69, 9.17) is 4.74 Å². The fraction of sp³-hybridized carbons (Fsp3) is 0.378. The minimum atomic E-state index is -0.487. The van der Waals surface area contributed by atoms with Crippen molar-refractivity contribution in [2.24, 2.45) is 0 Å². The standard InChI is InChI=1S/C37H46N8O3/c1-7-8-18-45-35-29(14-10-15-40-35)32(26-12-9-13-28(19-26)48-6)34(36(45)46)43-37(47)42-33-30(24(2)3)20-27(21-31(33)25(4)5)39-16-11-17-44-23-38-22-41-44/h9-10,12-15,19-25,39H,7-8,11,16-18H2,1-6H3,(H2,42,43,47). The Labute approximate surface area is 281 Å². The highest BCUT2D eigenvalue weighted by Crippen LogP contribution is 2.37. The Morgan fingerprint density at radius 2 is 1.69 bits per heavy atom. The molecule has 3 aromatic heterocycles. The summed E-state index contributed by atoms with van der Waals surface area (Å²) in [5, 5.41) is 14.6. The number of ether oxygens (including phenoxy) is 1. The van der Waals surface area contributed by atoms with Crippen LogP contribution in [0.1, 0.15) is 76.8 Å². The van der Waals surface area contributed by atoms with Crippen LogP contribution < -0.4 is 26.2 Å². The molecule has 3 heterocycles. The number of rotatable bonds is 14. The van der Waals surface area contributed by atoms with Gasteiger partial charge in [0, 0.05) is 48.2 Å². The van der Waals surface area contributed by atoms with E-state index in [-0.39, 0.29) is 23.1 Å². The van der Waals surface area contributed by atoms with Crippen molar-refractivity contribution >= 4 is 34.1 Å². The molecule has 0 aliphatic rings. The second-order valence-corrected chi connectivity index (χ2v) is 12.5. The monoisotopic (exact) mass is 650 g/mol. The highest BCUT2D eigenvalue weighted by molar-refractivity contribution is 6.08. The summed E-state index contributed by atoms with van der Waals surface area (Å²) in [6.07, 6.45) is 7.53. The van der Waals surface area contributed by atoms with Gasteiger partial charge < -0.3 is 20.7 Å². The maximum absolute atomic E-state index is 14.3. The van der Waals surface area contributed by atoms with Gasteiger partial charge in [0.25, 0.3) is 5.56 Å². The molecule has 2 aromatic carbocycles. The van der Waals surface area contributed by atoms with E-state index < -0.39 is 6.03 Å². The SMILES string of the molecule is CCCCn1c(=O)c(NC(=O)Nc2c(C(C)C)cc(NCCCn3cncn3)cc2C(C)C)c(-c2cccc(OC)c2)c2cccnc21. The summed E-state index contributed by atoms with van der Waals surface area (Å²) in [6, 6.07) is 15.0. The molecule has 0 unspecified atom stereocenters. The maximum Gasteiger partial charge on any atom is 0.323 e. The molecule has 0 saturated carbocycles. The van der Waals surface area contributed by atoms with Gasteiger partial charge in [-0.25, -0.2) is 14.8 Å². The van der Waals surface area contributed by atoms with Crippen LogP contribution in [0.15, 0.2) is 72.2 Å². The van der Waals surface area contributed by atoms with Crippen LogP contribution in [0.25, 0.3) is 22.2 Å². The second-order valence-electron chi connectivity index (χ2n) is 12.5. The van der Waals surface area contributed by atoms with E-state index in [0.717, 1.165) is 65.8 Å². The third kappa shape index (κ3) is 7.67. The van der Waals surface area contributed by atoms with Gasteiger partial charge in [-0.15, -0.1) is 0 Å². The van der Waals surface area contributed by atoms with Gasteiger partial charge in [-0.3, -0.25) is 14.0 Å². The fourth-order valence-electron chi connectivity index (χ4n) is 5.92. The average Bonchev–Trinajstić information content (AvgIpc) is 3.60. The minimum Gasteiger partial charge on any atom is -0.497 e. The smallest absolute Gasteiger partial charge is 0.323 e. The Balaban J connectivity index is 1.52. The first-order valence-electron chi connectivity index (χ1n) is 16.7. The number of anilines is 3. The predicted octanol–water partition coefficient (Wildman–Crippen LogP) is 7.86. The van der Waals surface area contributed by atoms with Crippen LogP contribution in [0.2, 0.25) is 0 Å². The van der Waals surface area contributed by atoms with Crippen LogP contribution >= 0.6 is 0 Å². The second kappa shape index (κ2) is 15.6. The van der Waals surface area contributed by atoms with Crippen molar-refractivity contribution in [1.29, 1.82) is 0 Å². The number of benzene rings is 2. The molecular formula is C37H46N8O3. The van der Waals surface area contributed by atoms with E-state index in [1.165, 1.54) is 6.33 Å². The van der Waals surface area contributed by atoms with Gasteiger partial charge in [-0.1, -0.05) is 53.2 Å². The molecule has 11 heteroatoms. The zero-order chi connectivity index (χ0) is 34.2. The Bertz CT molecular complexity index is 1890. The lowest BCUT2D eigenvalue weighted by atomic mass is 9.91. The number of carbonyl (C=O) groups is 1. The number of unbranched alkanes of at least 4 members (excludes halogenated alkanes) is 1. The number of nitrogens with zero attached hydrogens (tertiary/aromatic N) is 5. The minimum absolute atomic E-state index is 0.125. The number of nitrogens with one attached hydrogen (secondary N) is 3. The summed E-state index contributed by atoms with van der Waals surface area (Å²) in [6.45, 7) is 12.5. The first kappa shape index (κ1) is 34.2. The summed E-state index contributed by atoms with van der Waals surface area (Å²) >= 11 is 0. The number of methoxy groups -OCH3 is 1. The molecule has 0 spiro atoms. The van der Waals surface area contributed by atoms with Crippen LogP contribution in [0.5, 0.6) is 5.75 Å². The van der Waals surface area contributed by atoms with E-state index in [9.17, 15) is 9.59 Å². The van der Waals surface area contributed by atoms with Gasteiger partial charge in [0.15, 0.2) is 0 Å². The number of fused-ring (bicyclic) bond motifs is 1. The molecule has 0 bridgehead atoms. The molecule has 0 radical (unpaired) electrons. The van der Waals surface area contributed by atoms with Crippen molar-refractivity contribution in [3.05, 3.63) is 88.9 Å². The molecular weight excluding hydrogens is 604 g/mol. The van der Waals surface area contributed by atoms with E-state index in [2.05, 4.69) is 77.8 Å². The lowest BCUT2D eigenvalue weighted by Gasteiger charge is -2.23. The van der Waals surface area contributed by atoms with Crippen molar-refractivity contribution in [3.8, 4) is 16.9 Å². The molecule has 3 N–H and O–H groups in total. The van der Waals surface area contributed by atoms with E-state index in [1.54, 1.807) is 24.2 Å². The van der Waals surface area contributed by atoms with Gasteiger partial charge in [0.2, 0.25) is 0 Å². The zero-order valence-corrected chi connectivity index (χ0v) is 28.7. The predicted molar refractivity (Wildman–Crippen MR) is 193 cm³/mol. The van der Waals surface area contributed by atoms with E-state index in [1.807, 2.05) is 41.1 Å². The molecule has 2 amide bonds. The molecule has 252 valence electrons. The lowest BCUT2D eigenvalue weighted by molar-refractivity contribution is 0.262. The number of amides is 2. The van der Waals surface area contributed by atoms with Crippen LogP contribution in [0.3, 0.4) is 0 Å². The summed E-state index contributed by atoms with van der Waals surface area (Å²) in [5.74, 6) is 0.894. The highest BCUT2D eigenvalue weighted by Gasteiger charge is 2.23. The van der Waals surface area contributed by atoms with Crippen molar-refractivity contribution in [3.63, 3.8) is 0 Å². The van der Waals surface area contributed by atoms with Crippen LogP contribution in [0.4, 0.5) is 21.9 Å². The number of hydrogen-bond donors (Lipinski definition) is 3. The summed E-state index contributed by atoms with van der Waals surface area (Å²) in [5.41, 5.74) is 5.57. The van der Waals surface area contributed by atoms with Crippen molar-refractivity contribution in [1.82, 2.24) is 24.3 Å². The Morgan fingerprint density at radius 1 is 0.938 bits per heavy atom. The number of carbonyl (C=O) groups excluding carboxylic acids is 1. The van der Waals surface area contributed by atoms with Gasteiger partial charge >= 0.3 is 6.03 Å². The van der Waals surface area contributed by atoms with Gasteiger partial charge in [0.05, 0.1) is 7.11 Å². The first-order valence-corrected chi connectivity index (χ1v) is 16.7. The lowest BCUT2D eigenvalue weighted by Crippen LogP contribution is -2.30. The van der Waals surface area contributed by atoms with Crippen molar-refractivity contribution < 1.29 is 9.53 Å². The van der Waals surface area contributed by atoms with Gasteiger partial charge in [0.1, 0.15) is 29.7 Å². The molecule has 0 saturated heterocycles. The Kier molecular flexibility index (Phi) is 11.1. The summed E-state index contributed by atoms with van der Waals surface area (Å²) < 4.78 is 9.00. The summed E-state index contributed by atoms with van der Waals surface area (Å²) in [7, 11) is 1.60. The molecule has 0 fully saturated rings. The Morgan fingerprint density at radius 3 is 2.35 bits per heavy atom. The van der Waals surface area contributed by atoms with Gasteiger partial charge in [-0.05, 0) is 77.8 Å². The number of hydrogen-bond acceptors (Lipinski definition) is 7. The number of aromatic nitrogens is 5. The molecule has 5 aromatic rings. The zero-order valence-electron chi connectivity index (χ0n) is 28.7. The normalized spacial score (nSPS) is 11.3. The molecule has 0 aliphatic carbocycles. The van der Waals surface area contributed by atoms with E-state index >= 15 is 0 Å². The van der Waals surface area contributed by atoms with Crippen LogP contribution in [-0.2, 0) is 13.1 Å². The van der Waals surface area contributed by atoms with Gasteiger partial charge in [-0.2, -0.15) is 5.10 Å². The number of pyridine rings is 2. The molecule has 0 aliphatic heterocycles. The molecule has 0 atom stereocenters. The average molecular weight is 651 g/mol. The van der Waals surface area contributed by atoms with Crippen LogP contribution in [-0.4, -0.2) is 44.0 Å².